The predicted molar refractivity (Wildman–Crippen MR) is 114 cm³/mol. The van der Waals surface area contributed by atoms with Crippen LogP contribution in [-0.4, -0.2) is 35.4 Å². The van der Waals surface area contributed by atoms with Crippen molar-refractivity contribution < 1.29 is 9.90 Å². The number of benzene rings is 2. The maximum Gasteiger partial charge on any atom is 0.342 e. The Hall–Kier alpha value is -4.11. The Morgan fingerprint density at radius 3 is 2.87 bits per heavy atom. The second-order valence-electron chi connectivity index (χ2n) is 6.78. The van der Waals surface area contributed by atoms with Crippen molar-refractivity contribution in [1.82, 2.24) is 24.3 Å². The molecule has 8 nitrogen and oxygen atoms in total. The Morgan fingerprint density at radius 1 is 1.13 bits per heavy atom. The highest BCUT2D eigenvalue weighted by Gasteiger charge is 2.22. The summed E-state index contributed by atoms with van der Waals surface area (Å²) >= 11 is 1.26. The summed E-state index contributed by atoms with van der Waals surface area (Å²) in [5.41, 5.74) is 2.76. The van der Waals surface area contributed by atoms with E-state index in [1.165, 1.54) is 17.5 Å². The molecule has 0 atom stereocenters. The summed E-state index contributed by atoms with van der Waals surface area (Å²) < 4.78 is 2.60. The van der Waals surface area contributed by atoms with Crippen molar-refractivity contribution in [2.45, 2.75) is 0 Å². The zero-order valence-corrected chi connectivity index (χ0v) is 16.0. The normalized spacial score (nSPS) is 11.7. The Balaban J connectivity index is 1.76. The summed E-state index contributed by atoms with van der Waals surface area (Å²) in [7, 11) is 0. The lowest BCUT2D eigenvalue weighted by atomic mass is 10.1. The summed E-state index contributed by atoms with van der Waals surface area (Å²) in [5, 5.41) is 9.87. The molecular formula is C21H11N5O3S. The molecule has 9 heteroatoms. The number of nitrogens with one attached hydrogen (secondary N) is 1. The largest absolute Gasteiger partial charge is 0.477 e. The summed E-state index contributed by atoms with van der Waals surface area (Å²) in [6, 6.07) is 13.1. The van der Waals surface area contributed by atoms with Gasteiger partial charge in [-0.25, -0.2) is 19.7 Å². The third kappa shape index (κ3) is 2.23. The van der Waals surface area contributed by atoms with E-state index in [4.69, 9.17) is 0 Å². The number of hydrogen-bond acceptors (Lipinski definition) is 6. The molecule has 0 spiro atoms. The smallest absolute Gasteiger partial charge is 0.342 e. The van der Waals surface area contributed by atoms with E-state index in [1.54, 1.807) is 10.7 Å². The van der Waals surface area contributed by atoms with Crippen LogP contribution in [0.15, 0.2) is 59.8 Å². The molecule has 0 aliphatic heterocycles. The highest BCUT2D eigenvalue weighted by molar-refractivity contribution is 7.24. The first-order chi connectivity index (χ1) is 14.6. The molecule has 0 unspecified atom stereocenters. The van der Waals surface area contributed by atoms with Gasteiger partial charge >= 0.3 is 5.97 Å². The zero-order valence-electron chi connectivity index (χ0n) is 15.2. The number of nitrogens with zero attached hydrogens (tertiary/aromatic N) is 4. The van der Waals surface area contributed by atoms with Crippen molar-refractivity contribution in [3.8, 4) is 11.4 Å². The maximum atomic E-state index is 13.0. The van der Waals surface area contributed by atoms with E-state index < -0.39 is 11.4 Å². The van der Waals surface area contributed by atoms with Crippen molar-refractivity contribution in [3.05, 3.63) is 70.8 Å². The van der Waals surface area contributed by atoms with Gasteiger partial charge < -0.3 is 10.1 Å². The minimum atomic E-state index is -1.26. The van der Waals surface area contributed by atoms with Crippen molar-refractivity contribution in [2.75, 3.05) is 0 Å². The molecule has 0 radical (unpaired) electrons. The van der Waals surface area contributed by atoms with Crippen LogP contribution in [0.3, 0.4) is 0 Å². The van der Waals surface area contributed by atoms with E-state index in [0.717, 1.165) is 26.8 Å². The third-order valence-electron chi connectivity index (χ3n) is 5.07. The lowest BCUT2D eigenvalue weighted by Crippen LogP contribution is -2.18. The fraction of sp³-hybridized carbons (Fsp3) is 0. The molecule has 0 aliphatic rings. The molecule has 2 aromatic carbocycles. The van der Waals surface area contributed by atoms with E-state index in [2.05, 4.69) is 19.9 Å². The second-order valence-corrected chi connectivity index (χ2v) is 7.82. The predicted octanol–water partition coefficient (Wildman–Crippen LogP) is 3.70. The van der Waals surface area contributed by atoms with Gasteiger partial charge in [0.1, 0.15) is 10.4 Å². The van der Waals surface area contributed by atoms with E-state index in [1.807, 2.05) is 42.5 Å². The lowest BCUT2D eigenvalue weighted by molar-refractivity contribution is 0.0697. The van der Waals surface area contributed by atoms with Crippen LogP contribution in [0.5, 0.6) is 0 Å². The third-order valence-corrected chi connectivity index (χ3v) is 6.22. The van der Waals surface area contributed by atoms with E-state index >= 15 is 0 Å². The Morgan fingerprint density at radius 2 is 2.00 bits per heavy atom. The summed E-state index contributed by atoms with van der Waals surface area (Å²) in [5.74, 6) is -0.828. The first-order valence-corrected chi connectivity index (χ1v) is 9.83. The van der Waals surface area contributed by atoms with Crippen molar-refractivity contribution in [1.29, 1.82) is 0 Å². The molecule has 0 saturated carbocycles. The summed E-state index contributed by atoms with van der Waals surface area (Å²) in [6.07, 6.45) is 3.02. The van der Waals surface area contributed by atoms with Gasteiger partial charge in [-0.15, -0.1) is 11.3 Å². The van der Waals surface area contributed by atoms with Gasteiger partial charge in [-0.2, -0.15) is 0 Å². The van der Waals surface area contributed by atoms with Gasteiger partial charge in [0.25, 0.3) is 0 Å². The number of H-pyrrole nitrogens is 1. The average Bonchev–Trinajstić information content (AvgIpc) is 3.37. The quantitative estimate of drug-likeness (QED) is 0.448. The topological polar surface area (TPSA) is 113 Å². The van der Waals surface area contributed by atoms with Crippen molar-refractivity contribution in [2.24, 2.45) is 0 Å². The monoisotopic (exact) mass is 413 g/mol. The average molecular weight is 413 g/mol. The first-order valence-electron chi connectivity index (χ1n) is 9.01. The highest BCUT2D eigenvalue weighted by Crippen LogP contribution is 2.31. The fourth-order valence-electron chi connectivity index (χ4n) is 3.70. The van der Waals surface area contributed by atoms with Gasteiger partial charge in [0.15, 0.2) is 11.5 Å². The molecule has 0 saturated heterocycles. The van der Waals surface area contributed by atoms with Crippen LogP contribution in [0, 0.1) is 0 Å². The molecule has 0 aliphatic carbocycles. The standard InChI is InChI=1S/C21H11N5O3S/c27-17-11-8-22-18(10-5-6-12-13(7-10)24-9-23-12)25-19(11)26-14-3-1-2-4-15(14)30-20(26)16(17)21(28)29/h1-9H,(H,23,24)(H,28,29). The number of thiazole rings is 1. The molecule has 30 heavy (non-hydrogen) atoms. The number of aromatic carboxylic acids is 1. The van der Waals surface area contributed by atoms with Crippen molar-refractivity contribution in [3.63, 3.8) is 0 Å². The molecule has 6 aromatic rings. The SMILES string of the molecule is O=C(O)c1c(=O)c2cnc(-c3ccc4nc[nH]c4c3)nc2n2c1sc1ccccc12. The number of para-hydroxylation sites is 1. The lowest BCUT2D eigenvalue weighted by Gasteiger charge is -2.07. The van der Waals surface area contributed by atoms with Gasteiger partial charge in [-0.05, 0) is 30.3 Å². The van der Waals surface area contributed by atoms with Gasteiger partial charge in [0.05, 0.1) is 33.0 Å². The summed E-state index contributed by atoms with van der Waals surface area (Å²) in [6.45, 7) is 0. The Labute approximate surface area is 171 Å². The highest BCUT2D eigenvalue weighted by atomic mass is 32.1. The van der Waals surface area contributed by atoms with Crippen LogP contribution >= 0.6 is 11.3 Å². The van der Waals surface area contributed by atoms with Crippen LogP contribution in [0.2, 0.25) is 0 Å². The van der Waals surface area contributed by atoms with Gasteiger partial charge in [-0.1, -0.05) is 12.1 Å². The van der Waals surface area contributed by atoms with Crippen LogP contribution in [0.1, 0.15) is 10.4 Å². The fourth-order valence-corrected chi connectivity index (χ4v) is 4.88. The molecule has 4 heterocycles. The molecular weight excluding hydrogens is 402 g/mol. The maximum absolute atomic E-state index is 13.0. The molecule has 0 fully saturated rings. The number of carboxylic acid groups (broad SMARTS) is 1. The number of aromatic nitrogens is 5. The van der Waals surface area contributed by atoms with Gasteiger partial charge in [0.2, 0.25) is 5.43 Å². The zero-order chi connectivity index (χ0) is 20.4. The number of rotatable bonds is 2. The van der Waals surface area contributed by atoms with Crippen LogP contribution in [-0.2, 0) is 0 Å². The molecule has 2 N–H and O–H groups in total. The number of fused-ring (bicyclic) bond motifs is 6. The Bertz CT molecular complexity index is 1710. The van der Waals surface area contributed by atoms with Gasteiger partial charge in [0, 0.05) is 11.8 Å². The number of carboxylic acids is 1. The van der Waals surface area contributed by atoms with Crippen LogP contribution in [0.25, 0.3) is 48.5 Å². The van der Waals surface area contributed by atoms with Crippen LogP contribution < -0.4 is 5.43 Å². The van der Waals surface area contributed by atoms with E-state index in [-0.39, 0.29) is 10.9 Å². The van der Waals surface area contributed by atoms with E-state index in [9.17, 15) is 14.7 Å². The van der Waals surface area contributed by atoms with Crippen molar-refractivity contribution >= 4 is 54.4 Å². The minimum absolute atomic E-state index is 0.167. The van der Waals surface area contributed by atoms with Crippen LogP contribution in [0.4, 0.5) is 0 Å². The Kier molecular flexibility index (Phi) is 3.33. The molecule has 0 amide bonds. The molecule has 0 bridgehead atoms. The number of pyridine rings is 1. The number of imidazole rings is 1. The second kappa shape index (κ2) is 5.94. The number of hydrogen-bond donors (Lipinski definition) is 2. The number of carbonyl (C=O) groups is 1. The molecule has 144 valence electrons. The van der Waals surface area contributed by atoms with E-state index in [0.29, 0.717) is 16.3 Å². The summed E-state index contributed by atoms with van der Waals surface area (Å²) in [4.78, 5) is 41.5. The van der Waals surface area contributed by atoms with Gasteiger partial charge in [-0.3, -0.25) is 9.20 Å². The first kappa shape index (κ1) is 16.8. The number of aromatic amines is 1. The minimum Gasteiger partial charge on any atom is -0.477 e. The molecule has 4 aromatic heterocycles. The molecule has 6 rings (SSSR count).